The molecule has 3 N–H and O–H groups in total. The maximum absolute atomic E-state index is 12.7. The van der Waals surface area contributed by atoms with Crippen LogP contribution in [0.25, 0.3) is 10.9 Å². The van der Waals surface area contributed by atoms with Gasteiger partial charge in [0, 0.05) is 49.3 Å². The average Bonchev–Trinajstić information content (AvgIpc) is 3.33. The molecule has 2 aromatic heterocycles. The minimum Gasteiger partial charge on any atom is -0.496 e. The van der Waals surface area contributed by atoms with E-state index in [-0.39, 0.29) is 16.3 Å². The fourth-order valence-corrected chi connectivity index (χ4v) is 3.87. The standard InChI is InChI=1S/C27H29ClN6O4/c1-27(2,3)23-14-24(33-32-23)31-26(36)30-19-8-7-15(11-18(19)28)38-21-9-10-29-20-13-22(37-6)17(12-16(20)21)25(35)34(4)5/h7-14H,1-6H3,(H3,30,31,32,33,36). The zero-order valence-corrected chi connectivity index (χ0v) is 22.7. The Morgan fingerprint density at radius 1 is 1.03 bits per heavy atom. The molecule has 4 aromatic rings. The second kappa shape index (κ2) is 10.6. The van der Waals surface area contributed by atoms with Crippen LogP contribution < -0.4 is 20.1 Å². The number of aromatic amines is 1. The van der Waals surface area contributed by atoms with Gasteiger partial charge in [0.15, 0.2) is 0 Å². The molecule has 2 aromatic carbocycles. The largest absolute Gasteiger partial charge is 0.496 e. The molecule has 10 nitrogen and oxygen atoms in total. The number of anilines is 2. The lowest BCUT2D eigenvalue weighted by atomic mass is 9.92. The van der Waals surface area contributed by atoms with Gasteiger partial charge in [0.1, 0.15) is 23.1 Å². The highest BCUT2D eigenvalue weighted by atomic mass is 35.5. The van der Waals surface area contributed by atoms with Gasteiger partial charge in [0.05, 0.1) is 34.6 Å². The molecule has 11 heteroatoms. The highest BCUT2D eigenvalue weighted by Crippen LogP contribution is 2.35. The number of hydrogen-bond donors (Lipinski definition) is 3. The summed E-state index contributed by atoms with van der Waals surface area (Å²) in [4.78, 5) is 31.0. The molecule has 0 aliphatic carbocycles. The number of urea groups is 1. The molecule has 0 aliphatic heterocycles. The molecule has 198 valence electrons. The van der Waals surface area contributed by atoms with E-state index >= 15 is 0 Å². The van der Waals surface area contributed by atoms with Crippen molar-refractivity contribution in [1.82, 2.24) is 20.1 Å². The van der Waals surface area contributed by atoms with E-state index in [0.717, 1.165) is 5.69 Å². The molecule has 0 fully saturated rings. The zero-order chi connectivity index (χ0) is 27.6. The smallest absolute Gasteiger partial charge is 0.324 e. The minimum atomic E-state index is -0.475. The quantitative estimate of drug-likeness (QED) is 0.275. The third-order valence-electron chi connectivity index (χ3n) is 5.67. The van der Waals surface area contributed by atoms with Crippen LogP contribution >= 0.6 is 11.6 Å². The Morgan fingerprint density at radius 3 is 2.42 bits per heavy atom. The van der Waals surface area contributed by atoms with E-state index in [4.69, 9.17) is 21.1 Å². The van der Waals surface area contributed by atoms with Gasteiger partial charge in [-0.1, -0.05) is 32.4 Å². The van der Waals surface area contributed by atoms with Crippen molar-refractivity contribution in [2.75, 3.05) is 31.8 Å². The number of hydrogen-bond acceptors (Lipinski definition) is 6. The molecule has 0 spiro atoms. The number of rotatable bonds is 6. The number of amides is 3. The minimum absolute atomic E-state index is 0.151. The van der Waals surface area contributed by atoms with Crippen LogP contribution in [0.2, 0.25) is 5.02 Å². The fourth-order valence-electron chi connectivity index (χ4n) is 3.65. The first kappa shape index (κ1) is 26.7. The number of carbonyl (C=O) groups is 2. The molecular weight excluding hydrogens is 508 g/mol. The average molecular weight is 537 g/mol. The lowest BCUT2D eigenvalue weighted by Gasteiger charge is -2.16. The molecule has 0 atom stereocenters. The molecule has 0 radical (unpaired) electrons. The van der Waals surface area contributed by atoms with Gasteiger partial charge in [-0.05, 0) is 24.3 Å². The number of halogens is 1. The SMILES string of the molecule is COc1cc2nccc(Oc3ccc(NC(=O)Nc4cc(C(C)(C)C)n[nH]4)c(Cl)c3)c2cc1C(=O)N(C)C. The molecule has 0 saturated carbocycles. The van der Waals surface area contributed by atoms with Crippen LogP contribution in [0.4, 0.5) is 16.3 Å². The molecule has 38 heavy (non-hydrogen) atoms. The lowest BCUT2D eigenvalue weighted by Crippen LogP contribution is -2.22. The summed E-state index contributed by atoms with van der Waals surface area (Å²) < 4.78 is 11.5. The van der Waals surface area contributed by atoms with E-state index in [2.05, 4.69) is 25.8 Å². The highest BCUT2D eigenvalue weighted by molar-refractivity contribution is 6.34. The van der Waals surface area contributed by atoms with Gasteiger partial charge >= 0.3 is 6.03 Å². The molecule has 3 amide bonds. The van der Waals surface area contributed by atoms with E-state index in [1.165, 1.54) is 12.0 Å². The van der Waals surface area contributed by atoms with E-state index in [0.29, 0.717) is 45.2 Å². The predicted octanol–water partition coefficient (Wildman–Crippen LogP) is 6.06. The van der Waals surface area contributed by atoms with E-state index in [1.54, 1.807) is 62.8 Å². The number of H-pyrrole nitrogens is 1. The van der Waals surface area contributed by atoms with Crippen LogP contribution in [0.15, 0.2) is 48.7 Å². The topological polar surface area (TPSA) is 121 Å². The van der Waals surface area contributed by atoms with Crippen LogP contribution in [0.5, 0.6) is 17.2 Å². The summed E-state index contributed by atoms with van der Waals surface area (Å²) in [6, 6.07) is 11.3. The second-order valence-corrected chi connectivity index (χ2v) is 10.2. The first-order chi connectivity index (χ1) is 18.0. The van der Waals surface area contributed by atoms with E-state index in [1.807, 2.05) is 20.8 Å². The summed E-state index contributed by atoms with van der Waals surface area (Å²) in [6.07, 6.45) is 1.60. The van der Waals surface area contributed by atoms with Gasteiger partial charge in [-0.2, -0.15) is 5.10 Å². The summed E-state index contributed by atoms with van der Waals surface area (Å²) in [5, 5.41) is 13.4. The predicted molar refractivity (Wildman–Crippen MR) is 148 cm³/mol. The number of methoxy groups -OCH3 is 1. The number of ether oxygens (including phenoxy) is 2. The maximum Gasteiger partial charge on any atom is 0.324 e. The van der Waals surface area contributed by atoms with Crippen molar-refractivity contribution in [2.24, 2.45) is 0 Å². The molecule has 0 unspecified atom stereocenters. The number of carbonyl (C=O) groups excluding carboxylic acids is 2. The summed E-state index contributed by atoms with van der Waals surface area (Å²) in [6.45, 7) is 6.10. The van der Waals surface area contributed by atoms with Crippen LogP contribution in [0.1, 0.15) is 36.8 Å². The number of nitrogens with zero attached hydrogens (tertiary/aromatic N) is 3. The Morgan fingerprint density at radius 2 is 1.79 bits per heavy atom. The summed E-state index contributed by atoms with van der Waals surface area (Å²) in [5.41, 5.74) is 2.06. The van der Waals surface area contributed by atoms with Crippen molar-refractivity contribution < 1.29 is 19.1 Å². The van der Waals surface area contributed by atoms with E-state index < -0.39 is 6.03 Å². The lowest BCUT2D eigenvalue weighted by molar-refractivity contribution is 0.0824. The zero-order valence-electron chi connectivity index (χ0n) is 22.0. The third-order valence-corrected chi connectivity index (χ3v) is 5.98. The Bertz CT molecular complexity index is 1510. The number of pyridine rings is 1. The second-order valence-electron chi connectivity index (χ2n) is 9.82. The Balaban J connectivity index is 1.53. The van der Waals surface area contributed by atoms with Gasteiger partial charge in [0.2, 0.25) is 0 Å². The highest BCUT2D eigenvalue weighted by Gasteiger charge is 2.19. The molecule has 0 aliphatic rings. The molecule has 4 rings (SSSR count). The Kier molecular flexibility index (Phi) is 7.45. The van der Waals surface area contributed by atoms with Crippen molar-refractivity contribution in [1.29, 1.82) is 0 Å². The summed E-state index contributed by atoms with van der Waals surface area (Å²) in [7, 11) is 4.84. The molecule has 2 heterocycles. The maximum atomic E-state index is 12.7. The van der Waals surface area contributed by atoms with Crippen LogP contribution in [0, 0.1) is 0 Å². The number of benzene rings is 2. The van der Waals surface area contributed by atoms with Gasteiger partial charge < -0.3 is 19.7 Å². The van der Waals surface area contributed by atoms with Crippen LogP contribution in [-0.4, -0.2) is 53.2 Å². The first-order valence-electron chi connectivity index (χ1n) is 11.8. The monoisotopic (exact) mass is 536 g/mol. The molecule has 0 saturated heterocycles. The van der Waals surface area contributed by atoms with E-state index in [9.17, 15) is 9.59 Å². The number of fused-ring (bicyclic) bond motifs is 1. The van der Waals surface area contributed by atoms with Crippen molar-refractivity contribution in [2.45, 2.75) is 26.2 Å². The van der Waals surface area contributed by atoms with Crippen molar-refractivity contribution >= 4 is 45.9 Å². The summed E-state index contributed by atoms with van der Waals surface area (Å²) in [5.74, 6) is 1.60. The molecular formula is C27H29ClN6O4. The van der Waals surface area contributed by atoms with Crippen molar-refractivity contribution in [3.8, 4) is 17.2 Å². The number of aromatic nitrogens is 3. The van der Waals surface area contributed by atoms with Crippen molar-refractivity contribution in [3.63, 3.8) is 0 Å². The Labute approximate surface area is 225 Å². The first-order valence-corrected chi connectivity index (χ1v) is 12.1. The van der Waals surface area contributed by atoms with Crippen LogP contribution in [-0.2, 0) is 5.41 Å². The third kappa shape index (κ3) is 5.81. The molecule has 0 bridgehead atoms. The van der Waals surface area contributed by atoms with Gasteiger partial charge in [-0.3, -0.25) is 20.2 Å². The van der Waals surface area contributed by atoms with Gasteiger partial charge in [-0.15, -0.1) is 0 Å². The Hall–Kier alpha value is -4.31. The van der Waals surface area contributed by atoms with Gasteiger partial charge in [-0.25, -0.2) is 4.79 Å². The normalized spacial score (nSPS) is 11.2. The van der Waals surface area contributed by atoms with Crippen LogP contribution in [0.3, 0.4) is 0 Å². The van der Waals surface area contributed by atoms with Crippen molar-refractivity contribution in [3.05, 3.63) is 64.9 Å². The number of nitrogens with one attached hydrogen (secondary N) is 3. The van der Waals surface area contributed by atoms with Gasteiger partial charge in [0.25, 0.3) is 5.91 Å². The summed E-state index contributed by atoms with van der Waals surface area (Å²) >= 11 is 6.44. The fraction of sp³-hybridized carbons (Fsp3) is 0.259.